The zero-order valence-corrected chi connectivity index (χ0v) is 29.3. The maximum atomic E-state index is 12.9. The highest BCUT2D eigenvalue weighted by Gasteiger charge is 2.94. The number of carbonyl (C=O) groups excluding carboxylic acids is 1. The smallest absolute Gasteiger partial charge is 0.305 e. The first-order valence-electron chi connectivity index (χ1n) is 20.0. The third-order valence-corrected chi connectivity index (χ3v) is 17.4. The molecule has 2 nitrogen and oxygen atoms in total. The van der Waals surface area contributed by atoms with Crippen molar-refractivity contribution in [2.75, 3.05) is 7.11 Å². The van der Waals surface area contributed by atoms with Crippen molar-refractivity contribution in [1.82, 2.24) is 0 Å². The molecule has 0 amide bonds. The molecule has 2 heteroatoms. The highest BCUT2D eigenvalue weighted by Crippen LogP contribution is 2.95. The Morgan fingerprint density at radius 2 is 1.28 bits per heavy atom. The van der Waals surface area contributed by atoms with Crippen LogP contribution < -0.4 is 0 Å². The summed E-state index contributed by atoms with van der Waals surface area (Å²) in [7, 11) is 1.54. The van der Waals surface area contributed by atoms with Crippen LogP contribution in [0, 0.1) is 0 Å². The first kappa shape index (κ1) is 25.1. The molecule has 0 saturated heterocycles. The van der Waals surface area contributed by atoms with Gasteiger partial charge in [-0.15, -0.1) is 0 Å². The molecule has 1 fully saturated rings. The summed E-state index contributed by atoms with van der Waals surface area (Å²) in [5.74, 6) is 0.417. The maximum absolute atomic E-state index is 12.9. The molecule has 246 valence electrons. The predicted molar refractivity (Wildman–Crippen MR) is 218 cm³/mol. The molecule has 11 aromatic carbocycles. The van der Waals surface area contributed by atoms with Gasteiger partial charge in [0.05, 0.1) is 7.11 Å². The molecular weight excluding hydrogens is 657 g/mol. The van der Waals surface area contributed by atoms with Gasteiger partial charge in [0, 0.05) is 34.5 Å². The second-order valence-corrected chi connectivity index (χ2v) is 18.1. The van der Waals surface area contributed by atoms with E-state index < -0.39 is 0 Å². The van der Waals surface area contributed by atoms with E-state index in [9.17, 15) is 4.79 Å². The lowest BCUT2D eigenvalue weighted by Crippen LogP contribution is -2.30. The molecular formula is C52H26O2. The number of allylic oxidation sites excluding steroid dienone is 6. The maximum Gasteiger partial charge on any atom is 0.305 e. The summed E-state index contributed by atoms with van der Waals surface area (Å²) in [6.07, 6.45) is 12.5. The molecule has 0 aromatic heterocycles. The van der Waals surface area contributed by atoms with Crippen molar-refractivity contribution in [2.45, 2.75) is 47.3 Å². The average molecular weight is 683 g/mol. The second-order valence-electron chi connectivity index (χ2n) is 18.1. The van der Waals surface area contributed by atoms with Gasteiger partial charge in [-0.2, -0.15) is 0 Å². The highest BCUT2D eigenvalue weighted by molar-refractivity contribution is 6.61. The fourth-order valence-electron chi connectivity index (χ4n) is 16.7. The molecule has 7 aliphatic carbocycles. The minimum Gasteiger partial charge on any atom is -0.469 e. The first-order valence-corrected chi connectivity index (χ1v) is 20.0. The van der Waals surface area contributed by atoms with Crippen LogP contribution in [0.15, 0.2) is 96.6 Å². The zero-order chi connectivity index (χ0) is 34.3. The molecule has 1 saturated carbocycles. The lowest BCUT2D eigenvalue weighted by molar-refractivity contribution is -0.140. The quantitative estimate of drug-likeness (QED) is 0.133. The Morgan fingerprint density at radius 1 is 0.630 bits per heavy atom. The second kappa shape index (κ2) is 6.80. The van der Waals surface area contributed by atoms with Crippen LogP contribution in [0.2, 0.25) is 0 Å². The molecule has 54 heavy (non-hydrogen) atoms. The fraction of sp³-hybridized carbons (Fsp3) is 0.173. The molecule has 7 aliphatic rings. The third kappa shape index (κ3) is 1.75. The van der Waals surface area contributed by atoms with Crippen molar-refractivity contribution in [1.29, 1.82) is 0 Å². The number of rotatable bonds is 5. The monoisotopic (exact) mass is 682 g/mol. The van der Waals surface area contributed by atoms with Crippen LogP contribution in [0.5, 0.6) is 0 Å². The lowest BCUT2D eigenvalue weighted by Gasteiger charge is -2.34. The summed E-state index contributed by atoms with van der Waals surface area (Å²) in [5.41, 5.74) is 13.3. The zero-order valence-electron chi connectivity index (χ0n) is 29.3. The van der Waals surface area contributed by atoms with Gasteiger partial charge in [0.15, 0.2) is 0 Å². The van der Waals surface area contributed by atoms with Crippen LogP contribution in [-0.4, -0.2) is 13.1 Å². The number of hydrogen-bond donors (Lipinski definition) is 0. The highest BCUT2D eigenvalue weighted by atomic mass is 16.5. The van der Waals surface area contributed by atoms with Crippen molar-refractivity contribution in [3.63, 3.8) is 0 Å². The Bertz CT molecular complexity index is 3870. The molecule has 2 spiro atoms. The number of esters is 1. The van der Waals surface area contributed by atoms with E-state index in [1.54, 1.807) is 77.8 Å². The van der Waals surface area contributed by atoms with Crippen molar-refractivity contribution < 1.29 is 9.53 Å². The summed E-state index contributed by atoms with van der Waals surface area (Å²) in [4.78, 5) is 12.9. The molecule has 5 atom stereocenters. The molecule has 5 unspecified atom stereocenters. The van der Waals surface area contributed by atoms with Crippen molar-refractivity contribution >= 4 is 108 Å². The molecule has 0 N–H and O–H groups in total. The lowest BCUT2D eigenvalue weighted by atomic mass is 9.67. The number of methoxy groups -OCH3 is 1. The van der Waals surface area contributed by atoms with Gasteiger partial charge >= 0.3 is 5.97 Å². The molecule has 18 rings (SSSR count). The van der Waals surface area contributed by atoms with Crippen LogP contribution in [0.4, 0.5) is 0 Å². The largest absolute Gasteiger partial charge is 0.469 e. The van der Waals surface area contributed by atoms with E-state index >= 15 is 0 Å². The predicted octanol–water partition coefficient (Wildman–Crippen LogP) is 11.9. The van der Waals surface area contributed by atoms with Gasteiger partial charge in [-0.1, -0.05) is 91.0 Å². The Morgan fingerprint density at radius 3 is 2.06 bits per heavy atom. The molecule has 0 radical (unpaired) electrons. The summed E-state index contributed by atoms with van der Waals surface area (Å²) in [6, 6.07) is 26.6. The van der Waals surface area contributed by atoms with Gasteiger partial charge in [0.2, 0.25) is 0 Å². The SMILES string of the molecule is COC(=O)CCCC1(c2ccccc2)C23C4=C5C=CC6c7ccc8c9ccc%10c%11ccc%12c%13c(c%14c%15c2c5c6c2c7c8c5c9c%10c(c%13%11)c%14c5c2%15)C13C%12C=C4. The Balaban J connectivity index is 1.21. The van der Waals surface area contributed by atoms with Gasteiger partial charge in [-0.25, -0.2) is 0 Å². The Kier molecular flexibility index (Phi) is 3.16. The minimum atomic E-state index is -0.228. The van der Waals surface area contributed by atoms with Crippen LogP contribution in [0.3, 0.4) is 0 Å². The topological polar surface area (TPSA) is 26.3 Å². The number of benzene rings is 8. The van der Waals surface area contributed by atoms with Gasteiger partial charge < -0.3 is 4.74 Å². The van der Waals surface area contributed by atoms with E-state index in [0.717, 1.165) is 12.8 Å². The summed E-state index contributed by atoms with van der Waals surface area (Å²) >= 11 is 0. The number of carbonyl (C=O) groups is 1. The Hall–Kier alpha value is -5.99. The average Bonchev–Trinajstić information content (AvgIpc) is 3.86. The molecule has 0 heterocycles. The summed E-state index contributed by atoms with van der Waals surface area (Å²) in [6.45, 7) is 0. The summed E-state index contributed by atoms with van der Waals surface area (Å²) in [5, 5.41) is 27.5. The number of fused-ring (bicyclic) bond motifs is 4. The summed E-state index contributed by atoms with van der Waals surface area (Å²) < 4.78 is 5.30. The van der Waals surface area contributed by atoms with Gasteiger partial charge in [0.1, 0.15) is 0 Å². The van der Waals surface area contributed by atoms with E-state index in [-0.39, 0.29) is 34.1 Å². The van der Waals surface area contributed by atoms with Crippen LogP contribution in [-0.2, 0) is 25.8 Å². The van der Waals surface area contributed by atoms with E-state index in [0.29, 0.717) is 6.42 Å². The van der Waals surface area contributed by atoms with Gasteiger partial charge in [-0.05, 0) is 160 Å². The Labute approximate surface area is 307 Å². The van der Waals surface area contributed by atoms with Gasteiger partial charge in [-0.3, -0.25) is 4.79 Å². The first-order chi connectivity index (χ1) is 26.7. The third-order valence-electron chi connectivity index (χ3n) is 17.4. The molecule has 0 bridgehead atoms. The number of ether oxygens (including phenoxy) is 1. The van der Waals surface area contributed by atoms with Crippen molar-refractivity contribution in [3.05, 3.63) is 136 Å². The van der Waals surface area contributed by atoms with Crippen LogP contribution in [0.25, 0.3) is 103 Å². The van der Waals surface area contributed by atoms with Crippen molar-refractivity contribution in [3.8, 4) is 0 Å². The van der Waals surface area contributed by atoms with E-state index in [1.165, 1.54) is 76.3 Å². The fourth-order valence-corrected chi connectivity index (χ4v) is 16.7. The standard InChI is InChI=1S/C52H26O2/c1-54-31(53)8-5-19-50(20-6-3-2-4-7-20)51-29-17-18-30-28-16-14-26-24-12-10-22-21-9-11-23-25-13-15-27(29)38-36(25)41-34(23)32(21)40-33(22)35(24)42-37(26)39(28)49(52(30,50)51)47-45(42)43(40)44(41)46(47)48(38)51/h2-4,6-7,9-18,25,30H,5,8,19H2,1H3. The van der Waals surface area contributed by atoms with Crippen LogP contribution in [0.1, 0.15) is 70.0 Å². The van der Waals surface area contributed by atoms with E-state index in [2.05, 4.69) is 91.0 Å². The van der Waals surface area contributed by atoms with Crippen LogP contribution >= 0.6 is 0 Å². The van der Waals surface area contributed by atoms with E-state index in [1.807, 2.05) is 0 Å². The molecule has 11 aromatic rings. The normalized spacial score (nSPS) is 28.4. The van der Waals surface area contributed by atoms with Crippen molar-refractivity contribution in [2.24, 2.45) is 0 Å². The minimum absolute atomic E-state index is 0.104. The van der Waals surface area contributed by atoms with Gasteiger partial charge in [0.25, 0.3) is 0 Å². The van der Waals surface area contributed by atoms with E-state index in [4.69, 9.17) is 4.74 Å². The number of hydrogen-bond acceptors (Lipinski definition) is 2. The molecule has 0 aliphatic heterocycles.